The molecule has 0 saturated heterocycles. The van der Waals surface area contributed by atoms with Crippen molar-refractivity contribution >= 4 is 11.6 Å². The predicted octanol–water partition coefficient (Wildman–Crippen LogP) is 3.14. The topological polar surface area (TPSA) is 32.3 Å². The Bertz CT molecular complexity index is 510. The van der Waals surface area contributed by atoms with Crippen LogP contribution in [0.1, 0.15) is 22.8 Å². The lowest BCUT2D eigenvalue weighted by Gasteiger charge is -2.16. The molecule has 1 atom stereocenters. The van der Waals surface area contributed by atoms with Crippen molar-refractivity contribution in [1.82, 2.24) is 5.32 Å². The van der Waals surface area contributed by atoms with Gasteiger partial charge in [0.15, 0.2) is 0 Å². The molecule has 0 spiro atoms. The molecule has 3 heteroatoms. The summed E-state index contributed by atoms with van der Waals surface area (Å²) in [5.41, 5.74) is 2.87. The number of nitrogens with one attached hydrogen (secondary N) is 1. The van der Waals surface area contributed by atoms with Gasteiger partial charge in [0.2, 0.25) is 0 Å². The van der Waals surface area contributed by atoms with E-state index in [9.17, 15) is 5.11 Å². The molecule has 1 unspecified atom stereocenters. The zero-order chi connectivity index (χ0) is 13.0. The van der Waals surface area contributed by atoms with Crippen molar-refractivity contribution in [3.8, 4) is 0 Å². The van der Waals surface area contributed by atoms with Crippen LogP contribution < -0.4 is 5.32 Å². The molecule has 2 aromatic rings. The van der Waals surface area contributed by atoms with Crippen molar-refractivity contribution in [2.75, 3.05) is 7.05 Å². The van der Waals surface area contributed by atoms with Crippen molar-refractivity contribution < 1.29 is 5.11 Å². The van der Waals surface area contributed by atoms with Gasteiger partial charge in [0, 0.05) is 11.6 Å². The fourth-order valence-electron chi connectivity index (χ4n) is 1.98. The molecule has 0 aliphatic heterocycles. The average molecular weight is 262 g/mol. The van der Waals surface area contributed by atoms with E-state index in [1.54, 1.807) is 12.1 Å². The first-order valence-corrected chi connectivity index (χ1v) is 6.26. The van der Waals surface area contributed by atoms with E-state index in [-0.39, 0.29) is 0 Å². The van der Waals surface area contributed by atoms with Gasteiger partial charge < -0.3 is 10.4 Å². The highest BCUT2D eigenvalue weighted by Crippen LogP contribution is 2.25. The lowest BCUT2D eigenvalue weighted by molar-refractivity contribution is 0.219. The minimum atomic E-state index is -0.619. The Balaban J connectivity index is 2.33. The van der Waals surface area contributed by atoms with Gasteiger partial charge in [-0.15, -0.1) is 0 Å². The van der Waals surface area contributed by atoms with E-state index in [4.69, 9.17) is 11.6 Å². The maximum Gasteiger partial charge on any atom is 0.104 e. The molecule has 0 heterocycles. The summed E-state index contributed by atoms with van der Waals surface area (Å²) in [6, 6.07) is 15.2. The summed E-state index contributed by atoms with van der Waals surface area (Å²) >= 11 is 5.85. The van der Waals surface area contributed by atoms with Crippen LogP contribution in [0.3, 0.4) is 0 Å². The smallest absolute Gasteiger partial charge is 0.104 e. The van der Waals surface area contributed by atoms with E-state index in [1.807, 2.05) is 43.4 Å². The third kappa shape index (κ3) is 2.91. The normalized spacial score (nSPS) is 12.4. The molecule has 0 fully saturated rings. The van der Waals surface area contributed by atoms with E-state index in [1.165, 1.54) is 0 Å². The molecule has 2 nitrogen and oxygen atoms in total. The molecule has 0 saturated carbocycles. The minimum absolute atomic E-state index is 0.619. The van der Waals surface area contributed by atoms with Gasteiger partial charge in [0.25, 0.3) is 0 Å². The minimum Gasteiger partial charge on any atom is -0.384 e. The molecule has 2 rings (SSSR count). The Morgan fingerprint density at radius 2 is 1.78 bits per heavy atom. The molecule has 2 N–H and O–H groups in total. The molecule has 0 aliphatic rings. The first-order chi connectivity index (χ1) is 8.72. The Kier molecular flexibility index (Phi) is 4.37. The molecule has 0 bridgehead atoms. The largest absolute Gasteiger partial charge is 0.384 e. The van der Waals surface area contributed by atoms with Gasteiger partial charge in [0.05, 0.1) is 0 Å². The van der Waals surface area contributed by atoms with Crippen LogP contribution in [0.4, 0.5) is 0 Å². The quantitative estimate of drug-likeness (QED) is 0.886. The fourth-order valence-corrected chi connectivity index (χ4v) is 2.10. The van der Waals surface area contributed by atoms with E-state index < -0.39 is 6.10 Å². The summed E-state index contributed by atoms with van der Waals surface area (Å²) in [5.74, 6) is 0. The highest BCUT2D eigenvalue weighted by atomic mass is 35.5. The number of halogens is 1. The number of rotatable bonds is 4. The first kappa shape index (κ1) is 13.1. The molecular weight excluding hydrogens is 246 g/mol. The van der Waals surface area contributed by atoms with Crippen LogP contribution in [0, 0.1) is 0 Å². The number of benzene rings is 2. The van der Waals surface area contributed by atoms with Crippen molar-refractivity contribution in [2.45, 2.75) is 12.6 Å². The fraction of sp³-hybridized carbons (Fsp3) is 0.200. The Morgan fingerprint density at radius 3 is 2.44 bits per heavy atom. The lowest BCUT2D eigenvalue weighted by Crippen LogP contribution is -2.10. The van der Waals surface area contributed by atoms with Crippen LogP contribution in [-0.2, 0) is 6.54 Å². The Morgan fingerprint density at radius 1 is 1.11 bits per heavy atom. The second kappa shape index (κ2) is 6.01. The van der Waals surface area contributed by atoms with Gasteiger partial charge in [-0.2, -0.15) is 0 Å². The van der Waals surface area contributed by atoms with Crippen molar-refractivity contribution in [2.24, 2.45) is 0 Å². The second-order valence-corrected chi connectivity index (χ2v) is 4.62. The van der Waals surface area contributed by atoms with Crippen molar-refractivity contribution in [1.29, 1.82) is 0 Å². The summed E-state index contributed by atoms with van der Waals surface area (Å²) in [6.07, 6.45) is -0.619. The summed E-state index contributed by atoms with van der Waals surface area (Å²) in [5, 5.41) is 14.2. The van der Waals surface area contributed by atoms with E-state index in [0.29, 0.717) is 5.02 Å². The SMILES string of the molecule is CNCc1ccccc1C(O)c1ccc(Cl)cc1. The number of aliphatic hydroxyl groups is 1. The number of aliphatic hydroxyl groups excluding tert-OH is 1. The zero-order valence-corrected chi connectivity index (χ0v) is 11.0. The number of hydrogen-bond donors (Lipinski definition) is 2. The van der Waals surface area contributed by atoms with Crippen LogP contribution in [-0.4, -0.2) is 12.2 Å². The van der Waals surface area contributed by atoms with Crippen molar-refractivity contribution in [3.63, 3.8) is 0 Å². The maximum absolute atomic E-state index is 10.4. The molecule has 0 amide bonds. The monoisotopic (exact) mass is 261 g/mol. The van der Waals surface area contributed by atoms with Gasteiger partial charge >= 0.3 is 0 Å². The first-order valence-electron chi connectivity index (χ1n) is 5.88. The summed E-state index contributed by atoms with van der Waals surface area (Å²) in [4.78, 5) is 0. The van der Waals surface area contributed by atoms with Crippen LogP contribution in [0.2, 0.25) is 5.02 Å². The predicted molar refractivity (Wildman–Crippen MR) is 74.7 cm³/mol. The highest BCUT2D eigenvalue weighted by Gasteiger charge is 2.13. The van der Waals surface area contributed by atoms with E-state index in [0.717, 1.165) is 23.2 Å². The van der Waals surface area contributed by atoms with E-state index >= 15 is 0 Å². The van der Waals surface area contributed by atoms with Gasteiger partial charge in [-0.1, -0.05) is 48.0 Å². The molecule has 0 radical (unpaired) electrons. The highest BCUT2D eigenvalue weighted by molar-refractivity contribution is 6.30. The lowest BCUT2D eigenvalue weighted by atomic mass is 9.97. The Labute approximate surface area is 112 Å². The summed E-state index contributed by atoms with van der Waals surface area (Å²) in [7, 11) is 1.89. The van der Waals surface area contributed by atoms with Crippen LogP contribution in [0.25, 0.3) is 0 Å². The molecule has 2 aromatic carbocycles. The Hall–Kier alpha value is -1.35. The number of hydrogen-bond acceptors (Lipinski definition) is 2. The zero-order valence-electron chi connectivity index (χ0n) is 10.2. The molecule has 18 heavy (non-hydrogen) atoms. The third-order valence-corrected chi connectivity index (χ3v) is 3.15. The molecule has 0 aromatic heterocycles. The van der Waals surface area contributed by atoms with Gasteiger partial charge in [-0.3, -0.25) is 0 Å². The maximum atomic E-state index is 10.4. The van der Waals surface area contributed by atoms with Gasteiger partial charge in [-0.25, -0.2) is 0 Å². The molecule has 0 aliphatic carbocycles. The van der Waals surface area contributed by atoms with E-state index in [2.05, 4.69) is 5.32 Å². The average Bonchev–Trinajstić information content (AvgIpc) is 2.40. The summed E-state index contributed by atoms with van der Waals surface area (Å²) < 4.78 is 0. The van der Waals surface area contributed by atoms with Crippen molar-refractivity contribution in [3.05, 3.63) is 70.2 Å². The van der Waals surface area contributed by atoms with Crippen LogP contribution in [0.15, 0.2) is 48.5 Å². The van der Waals surface area contributed by atoms with Gasteiger partial charge in [0.1, 0.15) is 6.10 Å². The molecule has 94 valence electrons. The van der Waals surface area contributed by atoms with Gasteiger partial charge in [-0.05, 0) is 35.9 Å². The standard InChI is InChI=1S/C15H16ClNO/c1-17-10-12-4-2-3-5-14(12)15(18)11-6-8-13(16)9-7-11/h2-9,15,17-18H,10H2,1H3. The molecular formula is C15H16ClNO. The second-order valence-electron chi connectivity index (χ2n) is 4.18. The third-order valence-electron chi connectivity index (χ3n) is 2.90. The van der Waals surface area contributed by atoms with Crippen LogP contribution >= 0.6 is 11.6 Å². The summed E-state index contributed by atoms with van der Waals surface area (Å²) in [6.45, 7) is 0.737. The van der Waals surface area contributed by atoms with Crippen LogP contribution in [0.5, 0.6) is 0 Å².